The largest absolute Gasteiger partial charge is 0.378 e. The predicted molar refractivity (Wildman–Crippen MR) is 108 cm³/mol. The molecule has 0 spiro atoms. The molecule has 0 unspecified atom stereocenters. The molecule has 2 N–H and O–H groups in total. The molecule has 3 aromatic rings. The molecular formula is C21H23N5O. The SMILES string of the molecule is c1cc(N2CCOCC2)ccc1-c1ccc2cnc(NNC3CC3)nc2c1. The number of hydrazine groups is 1. The number of nitrogens with one attached hydrogen (secondary N) is 2. The van der Waals surface area contributed by atoms with Gasteiger partial charge >= 0.3 is 0 Å². The van der Waals surface area contributed by atoms with Crippen molar-refractivity contribution in [1.29, 1.82) is 0 Å². The quantitative estimate of drug-likeness (QED) is 0.681. The molecule has 6 heteroatoms. The molecule has 1 aliphatic heterocycles. The van der Waals surface area contributed by atoms with Gasteiger partial charge in [-0.25, -0.2) is 15.4 Å². The second-order valence-corrected chi connectivity index (χ2v) is 7.16. The highest BCUT2D eigenvalue weighted by Crippen LogP contribution is 2.26. The van der Waals surface area contributed by atoms with Gasteiger partial charge in [0.1, 0.15) is 0 Å². The molecule has 1 saturated carbocycles. The van der Waals surface area contributed by atoms with Crippen LogP contribution in [-0.4, -0.2) is 42.3 Å². The maximum atomic E-state index is 5.44. The molecule has 2 fully saturated rings. The first kappa shape index (κ1) is 16.5. The average molecular weight is 361 g/mol. The van der Waals surface area contributed by atoms with E-state index in [-0.39, 0.29) is 0 Å². The van der Waals surface area contributed by atoms with Gasteiger partial charge in [-0.3, -0.25) is 5.43 Å². The number of anilines is 2. The minimum Gasteiger partial charge on any atom is -0.378 e. The third kappa shape index (κ3) is 3.72. The number of hydrogen-bond acceptors (Lipinski definition) is 6. The monoisotopic (exact) mass is 361 g/mol. The van der Waals surface area contributed by atoms with E-state index in [0.717, 1.165) is 42.8 Å². The fourth-order valence-electron chi connectivity index (χ4n) is 3.34. The van der Waals surface area contributed by atoms with Crippen LogP contribution in [0.25, 0.3) is 22.0 Å². The summed E-state index contributed by atoms with van der Waals surface area (Å²) in [4.78, 5) is 11.4. The number of benzene rings is 2. The Morgan fingerprint density at radius 3 is 2.52 bits per heavy atom. The lowest BCUT2D eigenvalue weighted by molar-refractivity contribution is 0.122. The van der Waals surface area contributed by atoms with Gasteiger partial charge in [0.25, 0.3) is 0 Å². The summed E-state index contributed by atoms with van der Waals surface area (Å²) in [6, 6.07) is 15.6. The summed E-state index contributed by atoms with van der Waals surface area (Å²) in [6.45, 7) is 3.52. The van der Waals surface area contributed by atoms with E-state index in [0.29, 0.717) is 12.0 Å². The molecule has 0 atom stereocenters. The third-order valence-corrected chi connectivity index (χ3v) is 5.13. The van der Waals surface area contributed by atoms with Gasteiger partial charge in [0, 0.05) is 36.4 Å². The van der Waals surface area contributed by atoms with E-state index in [1.54, 1.807) is 0 Å². The lowest BCUT2D eigenvalue weighted by Crippen LogP contribution is -2.36. The van der Waals surface area contributed by atoms with Gasteiger partial charge in [-0.1, -0.05) is 24.3 Å². The van der Waals surface area contributed by atoms with Crippen LogP contribution in [-0.2, 0) is 4.74 Å². The van der Waals surface area contributed by atoms with Crippen molar-refractivity contribution in [3.8, 4) is 11.1 Å². The molecule has 1 aromatic heterocycles. The standard InChI is InChI=1S/C21H23N5O/c1-2-17-14-22-21(25-24-18-5-6-18)23-20(17)13-16(1)15-3-7-19(8-4-15)26-9-11-27-12-10-26/h1-4,7-8,13-14,18,24H,5-6,9-12H2,(H,22,23,25). The van der Waals surface area contributed by atoms with Crippen molar-refractivity contribution in [2.24, 2.45) is 0 Å². The van der Waals surface area contributed by atoms with Gasteiger partial charge in [0.05, 0.1) is 18.7 Å². The Balaban J connectivity index is 1.38. The van der Waals surface area contributed by atoms with Crippen molar-refractivity contribution >= 4 is 22.5 Å². The Kier molecular flexibility index (Phi) is 4.35. The van der Waals surface area contributed by atoms with Crippen molar-refractivity contribution in [3.05, 3.63) is 48.7 Å². The van der Waals surface area contributed by atoms with Gasteiger partial charge in [-0.15, -0.1) is 0 Å². The lowest BCUT2D eigenvalue weighted by atomic mass is 10.0. The van der Waals surface area contributed by atoms with E-state index >= 15 is 0 Å². The van der Waals surface area contributed by atoms with Crippen LogP contribution in [0.3, 0.4) is 0 Å². The normalized spacial score (nSPS) is 17.3. The van der Waals surface area contributed by atoms with E-state index in [9.17, 15) is 0 Å². The summed E-state index contributed by atoms with van der Waals surface area (Å²) in [6.07, 6.45) is 4.29. The molecule has 0 amide bonds. The molecule has 6 nitrogen and oxygen atoms in total. The van der Waals surface area contributed by atoms with Crippen molar-refractivity contribution < 1.29 is 4.74 Å². The summed E-state index contributed by atoms with van der Waals surface area (Å²) in [5.41, 5.74) is 10.9. The first-order chi connectivity index (χ1) is 13.3. The maximum absolute atomic E-state index is 5.44. The number of ether oxygens (including phenoxy) is 1. The molecule has 5 rings (SSSR count). The Morgan fingerprint density at radius 1 is 0.963 bits per heavy atom. The molecule has 2 aliphatic rings. The van der Waals surface area contributed by atoms with Crippen LogP contribution < -0.4 is 15.8 Å². The fourth-order valence-corrected chi connectivity index (χ4v) is 3.34. The summed E-state index contributed by atoms with van der Waals surface area (Å²) < 4.78 is 5.44. The number of rotatable bonds is 5. The van der Waals surface area contributed by atoms with Crippen LogP contribution in [0.4, 0.5) is 11.6 Å². The minimum atomic E-state index is 0.556. The summed E-state index contributed by atoms with van der Waals surface area (Å²) >= 11 is 0. The molecule has 1 saturated heterocycles. The zero-order valence-corrected chi connectivity index (χ0v) is 15.2. The lowest BCUT2D eigenvalue weighted by Gasteiger charge is -2.28. The molecule has 138 valence electrons. The first-order valence-electron chi connectivity index (χ1n) is 9.57. The number of hydrogen-bond donors (Lipinski definition) is 2. The molecule has 27 heavy (non-hydrogen) atoms. The Labute approximate surface area is 158 Å². The molecular weight excluding hydrogens is 338 g/mol. The smallest absolute Gasteiger partial charge is 0.237 e. The zero-order valence-electron chi connectivity index (χ0n) is 15.2. The first-order valence-corrected chi connectivity index (χ1v) is 9.57. The topological polar surface area (TPSA) is 62.3 Å². The van der Waals surface area contributed by atoms with Crippen molar-refractivity contribution in [1.82, 2.24) is 15.4 Å². The van der Waals surface area contributed by atoms with Crippen LogP contribution in [0.1, 0.15) is 12.8 Å². The Hall–Kier alpha value is -2.70. The molecule has 0 radical (unpaired) electrons. The van der Waals surface area contributed by atoms with Crippen molar-refractivity contribution in [2.75, 3.05) is 36.6 Å². The van der Waals surface area contributed by atoms with E-state index in [1.807, 2.05) is 6.20 Å². The van der Waals surface area contributed by atoms with Gasteiger partial charge < -0.3 is 9.64 Å². The number of aromatic nitrogens is 2. The van der Waals surface area contributed by atoms with E-state index in [4.69, 9.17) is 4.74 Å². The van der Waals surface area contributed by atoms with Gasteiger partial charge in [0.15, 0.2) is 0 Å². The summed E-state index contributed by atoms with van der Waals surface area (Å²) in [5.74, 6) is 0.620. The summed E-state index contributed by atoms with van der Waals surface area (Å²) in [7, 11) is 0. The number of nitrogens with zero attached hydrogens (tertiary/aromatic N) is 3. The molecule has 1 aliphatic carbocycles. The average Bonchev–Trinajstić information content (AvgIpc) is 3.57. The molecule has 2 aromatic carbocycles. The molecule has 2 heterocycles. The van der Waals surface area contributed by atoms with E-state index < -0.39 is 0 Å². The van der Waals surface area contributed by atoms with Crippen molar-refractivity contribution in [2.45, 2.75) is 18.9 Å². The Bertz CT molecular complexity index is 933. The molecule has 0 bridgehead atoms. The second-order valence-electron chi connectivity index (χ2n) is 7.16. The number of morpholine rings is 1. The predicted octanol–water partition coefficient (Wildman–Crippen LogP) is 3.21. The van der Waals surface area contributed by atoms with Gasteiger partial charge in [-0.2, -0.15) is 0 Å². The third-order valence-electron chi connectivity index (χ3n) is 5.13. The van der Waals surface area contributed by atoms with Crippen LogP contribution in [0, 0.1) is 0 Å². The number of fused-ring (bicyclic) bond motifs is 1. The maximum Gasteiger partial charge on any atom is 0.237 e. The van der Waals surface area contributed by atoms with Crippen LogP contribution in [0.15, 0.2) is 48.7 Å². The van der Waals surface area contributed by atoms with Gasteiger partial charge in [-0.05, 0) is 42.2 Å². The van der Waals surface area contributed by atoms with Crippen LogP contribution in [0.2, 0.25) is 0 Å². The van der Waals surface area contributed by atoms with E-state index in [2.05, 4.69) is 68.2 Å². The minimum absolute atomic E-state index is 0.556. The highest BCUT2D eigenvalue weighted by molar-refractivity contribution is 5.84. The van der Waals surface area contributed by atoms with Crippen LogP contribution in [0.5, 0.6) is 0 Å². The van der Waals surface area contributed by atoms with Gasteiger partial charge in [0.2, 0.25) is 5.95 Å². The highest BCUT2D eigenvalue weighted by Gasteiger charge is 2.20. The highest BCUT2D eigenvalue weighted by atomic mass is 16.5. The van der Waals surface area contributed by atoms with Crippen molar-refractivity contribution in [3.63, 3.8) is 0 Å². The fraction of sp³-hybridized carbons (Fsp3) is 0.333. The van der Waals surface area contributed by atoms with Crippen LogP contribution >= 0.6 is 0 Å². The summed E-state index contributed by atoms with van der Waals surface area (Å²) in [5, 5.41) is 1.04. The van der Waals surface area contributed by atoms with E-state index in [1.165, 1.54) is 24.1 Å². The Morgan fingerprint density at radius 2 is 1.74 bits per heavy atom. The zero-order chi connectivity index (χ0) is 18.1. The second kappa shape index (κ2) is 7.13.